The lowest BCUT2D eigenvalue weighted by atomic mass is 10.1. The second-order valence-electron chi connectivity index (χ2n) is 4.39. The molecule has 94 valence electrons. The van der Waals surface area contributed by atoms with Crippen molar-refractivity contribution in [1.82, 2.24) is 5.32 Å². The quantitative estimate of drug-likeness (QED) is 0.865. The Balaban J connectivity index is 2.09. The summed E-state index contributed by atoms with van der Waals surface area (Å²) in [5, 5.41) is 3.45. The molecule has 1 aliphatic rings. The minimum Gasteiger partial charge on any atom is -0.494 e. The van der Waals surface area contributed by atoms with Gasteiger partial charge < -0.3 is 15.0 Å². The van der Waals surface area contributed by atoms with E-state index in [0.29, 0.717) is 6.04 Å². The van der Waals surface area contributed by atoms with Crippen molar-refractivity contribution in [2.24, 2.45) is 0 Å². The molecule has 1 heterocycles. The molecule has 3 heteroatoms. The Labute approximate surface area is 104 Å². The van der Waals surface area contributed by atoms with Gasteiger partial charge in [-0.1, -0.05) is 6.92 Å². The molecule has 1 saturated heterocycles. The van der Waals surface area contributed by atoms with Gasteiger partial charge in [0.05, 0.1) is 6.61 Å². The van der Waals surface area contributed by atoms with Gasteiger partial charge in [-0.05, 0) is 37.6 Å². The molecule has 0 aliphatic carbocycles. The molecule has 0 amide bonds. The summed E-state index contributed by atoms with van der Waals surface area (Å²) in [6.45, 7) is 8.24. The first-order valence-corrected chi connectivity index (χ1v) is 6.55. The second kappa shape index (κ2) is 5.92. The van der Waals surface area contributed by atoms with Crippen molar-refractivity contribution in [2.45, 2.75) is 26.3 Å². The molecule has 0 saturated carbocycles. The lowest BCUT2D eigenvalue weighted by Crippen LogP contribution is -2.51. The lowest BCUT2D eigenvalue weighted by Gasteiger charge is -2.37. The summed E-state index contributed by atoms with van der Waals surface area (Å²) in [6, 6.07) is 9.07. The van der Waals surface area contributed by atoms with Gasteiger partial charge in [0.1, 0.15) is 5.75 Å². The molecule has 0 bridgehead atoms. The molecule has 0 aromatic heterocycles. The molecule has 2 rings (SSSR count). The highest BCUT2D eigenvalue weighted by Crippen LogP contribution is 2.23. The summed E-state index contributed by atoms with van der Waals surface area (Å²) in [5.41, 5.74) is 1.31. The van der Waals surface area contributed by atoms with Gasteiger partial charge in [-0.25, -0.2) is 0 Å². The van der Waals surface area contributed by atoms with Crippen molar-refractivity contribution in [1.29, 1.82) is 0 Å². The SMILES string of the molecule is CCOc1ccc(N2CCNCC2CC)cc1. The number of benzene rings is 1. The molecule has 1 unspecified atom stereocenters. The van der Waals surface area contributed by atoms with Crippen molar-refractivity contribution in [2.75, 3.05) is 31.1 Å². The molecule has 0 radical (unpaired) electrons. The van der Waals surface area contributed by atoms with Gasteiger partial charge in [-0.2, -0.15) is 0 Å². The average molecular weight is 234 g/mol. The molecule has 0 spiro atoms. The summed E-state index contributed by atoms with van der Waals surface area (Å²) in [7, 11) is 0. The van der Waals surface area contributed by atoms with Gasteiger partial charge in [0.15, 0.2) is 0 Å². The molecule has 17 heavy (non-hydrogen) atoms. The molecule has 1 N–H and O–H groups in total. The monoisotopic (exact) mass is 234 g/mol. The van der Waals surface area contributed by atoms with Gasteiger partial charge in [0.2, 0.25) is 0 Å². The van der Waals surface area contributed by atoms with E-state index in [1.807, 2.05) is 6.92 Å². The fourth-order valence-electron chi connectivity index (χ4n) is 2.37. The minimum atomic E-state index is 0.613. The van der Waals surface area contributed by atoms with Crippen molar-refractivity contribution < 1.29 is 4.74 Å². The summed E-state index contributed by atoms with van der Waals surface area (Å²) in [6.07, 6.45) is 1.18. The molecular formula is C14H22N2O. The number of anilines is 1. The number of hydrogen-bond acceptors (Lipinski definition) is 3. The molecule has 1 aliphatic heterocycles. The zero-order valence-corrected chi connectivity index (χ0v) is 10.8. The number of piperazine rings is 1. The van der Waals surface area contributed by atoms with Crippen LogP contribution in [0.5, 0.6) is 5.75 Å². The molecule has 3 nitrogen and oxygen atoms in total. The van der Waals surface area contributed by atoms with E-state index in [0.717, 1.165) is 32.0 Å². The van der Waals surface area contributed by atoms with Crippen LogP contribution < -0.4 is 15.0 Å². The Hall–Kier alpha value is -1.22. The van der Waals surface area contributed by atoms with Crippen LogP contribution in [0.2, 0.25) is 0 Å². The minimum absolute atomic E-state index is 0.613. The van der Waals surface area contributed by atoms with Gasteiger partial charge >= 0.3 is 0 Å². The number of nitrogens with zero attached hydrogens (tertiary/aromatic N) is 1. The van der Waals surface area contributed by atoms with Crippen LogP contribution in [0.15, 0.2) is 24.3 Å². The van der Waals surface area contributed by atoms with Crippen LogP contribution in [0.4, 0.5) is 5.69 Å². The van der Waals surface area contributed by atoms with Gasteiger partial charge in [0.25, 0.3) is 0 Å². The van der Waals surface area contributed by atoms with Crippen LogP contribution in [0, 0.1) is 0 Å². The zero-order valence-electron chi connectivity index (χ0n) is 10.8. The highest BCUT2D eigenvalue weighted by Gasteiger charge is 2.20. The van der Waals surface area contributed by atoms with Crippen molar-refractivity contribution in [3.63, 3.8) is 0 Å². The normalized spacial score (nSPS) is 20.4. The van der Waals surface area contributed by atoms with Crippen molar-refractivity contribution in [3.05, 3.63) is 24.3 Å². The Morgan fingerprint density at radius 3 is 2.71 bits per heavy atom. The smallest absolute Gasteiger partial charge is 0.119 e. The zero-order chi connectivity index (χ0) is 12.1. The summed E-state index contributed by atoms with van der Waals surface area (Å²) < 4.78 is 5.47. The highest BCUT2D eigenvalue weighted by molar-refractivity contribution is 5.50. The van der Waals surface area contributed by atoms with Gasteiger partial charge in [-0.15, -0.1) is 0 Å². The second-order valence-corrected chi connectivity index (χ2v) is 4.39. The first-order chi connectivity index (χ1) is 8.35. The summed E-state index contributed by atoms with van der Waals surface area (Å²) in [5.74, 6) is 0.958. The van der Waals surface area contributed by atoms with Crippen LogP contribution >= 0.6 is 0 Å². The predicted octanol–water partition coefficient (Wildman–Crippen LogP) is 2.27. The summed E-state index contributed by atoms with van der Waals surface area (Å²) in [4.78, 5) is 2.49. The largest absolute Gasteiger partial charge is 0.494 e. The van der Waals surface area contributed by atoms with Crippen LogP contribution in [0.1, 0.15) is 20.3 Å². The fourth-order valence-corrected chi connectivity index (χ4v) is 2.37. The Morgan fingerprint density at radius 2 is 2.06 bits per heavy atom. The third kappa shape index (κ3) is 2.91. The molecule has 1 fully saturated rings. The number of hydrogen-bond donors (Lipinski definition) is 1. The van der Waals surface area contributed by atoms with E-state index in [1.54, 1.807) is 0 Å². The maximum Gasteiger partial charge on any atom is 0.119 e. The number of nitrogens with one attached hydrogen (secondary N) is 1. The third-order valence-electron chi connectivity index (χ3n) is 3.30. The van der Waals surface area contributed by atoms with E-state index in [-0.39, 0.29) is 0 Å². The van der Waals surface area contributed by atoms with Crippen LogP contribution in [0.3, 0.4) is 0 Å². The Morgan fingerprint density at radius 1 is 1.29 bits per heavy atom. The molecule has 1 aromatic carbocycles. The van der Waals surface area contributed by atoms with E-state index >= 15 is 0 Å². The summed E-state index contributed by atoms with van der Waals surface area (Å²) >= 11 is 0. The van der Waals surface area contributed by atoms with Crippen molar-refractivity contribution in [3.8, 4) is 5.75 Å². The maximum atomic E-state index is 5.47. The topological polar surface area (TPSA) is 24.5 Å². The predicted molar refractivity (Wildman–Crippen MR) is 71.9 cm³/mol. The fraction of sp³-hybridized carbons (Fsp3) is 0.571. The van der Waals surface area contributed by atoms with E-state index in [9.17, 15) is 0 Å². The van der Waals surface area contributed by atoms with E-state index < -0.39 is 0 Å². The molecular weight excluding hydrogens is 212 g/mol. The Kier molecular flexibility index (Phi) is 4.26. The highest BCUT2D eigenvalue weighted by atomic mass is 16.5. The van der Waals surface area contributed by atoms with Crippen LogP contribution in [0.25, 0.3) is 0 Å². The van der Waals surface area contributed by atoms with E-state index in [1.165, 1.54) is 12.1 Å². The lowest BCUT2D eigenvalue weighted by molar-refractivity contribution is 0.340. The van der Waals surface area contributed by atoms with Gasteiger partial charge in [0, 0.05) is 31.4 Å². The van der Waals surface area contributed by atoms with Crippen molar-refractivity contribution >= 4 is 5.69 Å². The molecule has 1 aromatic rings. The maximum absolute atomic E-state index is 5.47. The Bertz CT molecular complexity index is 337. The first kappa shape index (κ1) is 12.2. The number of rotatable bonds is 4. The van der Waals surface area contributed by atoms with Crippen LogP contribution in [-0.4, -0.2) is 32.3 Å². The van der Waals surface area contributed by atoms with Gasteiger partial charge in [-0.3, -0.25) is 0 Å². The van der Waals surface area contributed by atoms with Crippen LogP contribution in [-0.2, 0) is 0 Å². The molecule has 1 atom stereocenters. The van der Waals surface area contributed by atoms with E-state index in [4.69, 9.17) is 4.74 Å². The first-order valence-electron chi connectivity index (χ1n) is 6.55. The standard InChI is InChI=1S/C14H22N2O/c1-3-12-11-15-9-10-16(12)13-5-7-14(8-6-13)17-4-2/h5-8,12,15H,3-4,9-11H2,1-2H3. The third-order valence-corrected chi connectivity index (χ3v) is 3.30. The number of ether oxygens (including phenoxy) is 1. The van der Waals surface area contributed by atoms with E-state index in [2.05, 4.69) is 41.4 Å². The average Bonchev–Trinajstić information content (AvgIpc) is 2.40.